The number of carboxylic acid groups (broad SMARTS) is 1. The van der Waals surface area contributed by atoms with Gasteiger partial charge in [0.15, 0.2) is 11.5 Å². The molecule has 5 heterocycles. The van der Waals surface area contributed by atoms with E-state index in [9.17, 15) is 18.0 Å². The fourth-order valence-electron chi connectivity index (χ4n) is 5.66. The molecule has 3 N–H and O–H groups in total. The number of fused-ring (bicyclic) bond motifs is 2. The summed E-state index contributed by atoms with van der Waals surface area (Å²) in [5.41, 5.74) is 4.35. The summed E-state index contributed by atoms with van der Waals surface area (Å²) in [4.78, 5) is 41.2. The van der Waals surface area contributed by atoms with E-state index in [1.54, 1.807) is 0 Å². The van der Waals surface area contributed by atoms with Crippen LogP contribution >= 0.6 is 0 Å². The Labute approximate surface area is 254 Å². The van der Waals surface area contributed by atoms with Crippen molar-refractivity contribution in [2.75, 3.05) is 44.3 Å². The van der Waals surface area contributed by atoms with E-state index in [1.165, 1.54) is 5.56 Å². The van der Waals surface area contributed by atoms with Crippen LogP contribution in [0.25, 0.3) is 33.5 Å². The van der Waals surface area contributed by atoms with Crippen molar-refractivity contribution >= 4 is 33.9 Å². The molecule has 2 aliphatic heterocycles. The van der Waals surface area contributed by atoms with Crippen LogP contribution in [0.1, 0.15) is 24.4 Å². The van der Waals surface area contributed by atoms with Gasteiger partial charge in [0.1, 0.15) is 5.82 Å². The van der Waals surface area contributed by atoms with Crippen LogP contribution in [0, 0.1) is 0 Å². The van der Waals surface area contributed by atoms with Crippen LogP contribution in [-0.2, 0) is 16.1 Å². The van der Waals surface area contributed by atoms with Crippen LogP contribution < -0.4 is 10.6 Å². The Morgan fingerprint density at radius 1 is 0.978 bits per heavy atom. The largest absolute Gasteiger partial charge is 0.490 e. The number of benzene rings is 2. The van der Waals surface area contributed by atoms with Crippen molar-refractivity contribution in [2.45, 2.75) is 31.6 Å². The first kappa shape index (κ1) is 30.3. The van der Waals surface area contributed by atoms with Crippen LogP contribution in [0.4, 0.5) is 19.0 Å². The summed E-state index contributed by atoms with van der Waals surface area (Å²) in [6.07, 6.45) is -1.12. The lowest BCUT2D eigenvalue weighted by atomic mass is 10.0. The number of alkyl halides is 3. The number of rotatable bonds is 5. The number of ether oxygens (including phenoxy) is 1. The van der Waals surface area contributed by atoms with Gasteiger partial charge in [-0.2, -0.15) is 18.3 Å². The first-order chi connectivity index (χ1) is 21.7. The number of imidazole rings is 1. The molecule has 3 aromatic heterocycles. The molecule has 2 fully saturated rings. The number of likely N-dealkylation sites (tertiary alicyclic amines) is 1. The molecule has 0 unspecified atom stereocenters. The van der Waals surface area contributed by atoms with E-state index in [4.69, 9.17) is 29.7 Å². The van der Waals surface area contributed by atoms with E-state index < -0.39 is 12.1 Å². The lowest BCUT2D eigenvalue weighted by Gasteiger charge is -2.32. The smallest absolute Gasteiger partial charge is 0.475 e. The van der Waals surface area contributed by atoms with Crippen LogP contribution in [0.3, 0.4) is 0 Å². The van der Waals surface area contributed by atoms with Crippen LogP contribution in [0.5, 0.6) is 0 Å². The van der Waals surface area contributed by atoms with E-state index in [-0.39, 0.29) is 11.7 Å². The van der Waals surface area contributed by atoms with Crippen LogP contribution in [0.15, 0.2) is 59.5 Å². The summed E-state index contributed by atoms with van der Waals surface area (Å²) in [6.45, 7) is 5.92. The fourth-order valence-corrected chi connectivity index (χ4v) is 5.66. The number of morpholine rings is 1. The SMILES string of the molecule is O=C(O)C(F)(F)F.O=c1[nH]c2ccc(-c3nc(N4CCOCC4)c4cnn(C5CCN(Cc6ccccc6)CC5)c4n3)cc2[nH]1. The molecule has 0 aliphatic carbocycles. The zero-order valence-electron chi connectivity index (χ0n) is 24.1. The molecular formula is C30H31F3N8O4. The molecular weight excluding hydrogens is 593 g/mol. The molecule has 2 aromatic carbocycles. The van der Waals surface area contributed by atoms with Gasteiger partial charge in [-0.15, -0.1) is 0 Å². The van der Waals surface area contributed by atoms with Crippen molar-refractivity contribution in [1.82, 2.24) is 34.6 Å². The topological polar surface area (TPSA) is 145 Å². The van der Waals surface area contributed by atoms with E-state index >= 15 is 0 Å². The van der Waals surface area contributed by atoms with Gasteiger partial charge in [0.2, 0.25) is 0 Å². The maximum Gasteiger partial charge on any atom is 0.490 e. The normalized spacial score (nSPS) is 16.6. The quantitative estimate of drug-likeness (QED) is 0.265. The number of carbonyl (C=O) groups is 1. The molecule has 2 saturated heterocycles. The molecule has 0 spiro atoms. The van der Waals surface area contributed by atoms with Crippen molar-refractivity contribution in [1.29, 1.82) is 0 Å². The van der Waals surface area contributed by atoms with Crippen LogP contribution in [0.2, 0.25) is 0 Å². The minimum atomic E-state index is -5.08. The maximum atomic E-state index is 11.8. The molecule has 5 aromatic rings. The van der Waals surface area contributed by atoms with Gasteiger partial charge < -0.3 is 24.7 Å². The highest BCUT2D eigenvalue weighted by Crippen LogP contribution is 2.32. The molecule has 12 nitrogen and oxygen atoms in total. The Hall–Kier alpha value is -4.76. The molecule has 0 radical (unpaired) electrons. The Morgan fingerprint density at radius 2 is 1.67 bits per heavy atom. The first-order valence-corrected chi connectivity index (χ1v) is 14.5. The second-order valence-corrected chi connectivity index (χ2v) is 10.9. The Morgan fingerprint density at radius 3 is 2.36 bits per heavy atom. The number of aliphatic carboxylic acids is 1. The number of aromatic nitrogens is 6. The number of hydrogen-bond donors (Lipinski definition) is 3. The third-order valence-corrected chi connectivity index (χ3v) is 7.91. The standard InChI is InChI=1S/C28H30N8O2.C2HF3O2/c37-28-30-23-7-6-20(16-24(23)31-28)25-32-26(35-12-14-38-15-13-35)22-17-29-36(27(22)33-25)21-8-10-34(11-9-21)18-19-4-2-1-3-5-19;3-2(4,5)1(6)7/h1-7,16-17,21H,8-15,18H2,(H2,30,31,37);(H,6,7). The summed E-state index contributed by atoms with van der Waals surface area (Å²) in [5.74, 6) is -1.23. The molecule has 0 saturated carbocycles. The first-order valence-electron chi connectivity index (χ1n) is 14.5. The van der Waals surface area contributed by atoms with Gasteiger partial charge in [0.05, 0.1) is 41.9 Å². The Bertz CT molecular complexity index is 1840. The van der Waals surface area contributed by atoms with Gasteiger partial charge >= 0.3 is 17.8 Å². The maximum absolute atomic E-state index is 11.8. The highest BCUT2D eigenvalue weighted by atomic mass is 19.4. The minimum absolute atomic E-state index is 0.223. The fraction of sp³-hybridized carbons (Fsp3) is 0.367. The molecule has 0 bridgehead atoms. The van der Waals surface area contributed by atoms with Gasteiger partial charge in [-0.25, -0.2) is 24.2 Å². The Balaban J connectivity index is 0.000000460. The molecule has 2 aliphatic rings. The van der Waals surface area contributed by atoms with E-state index in [2.05, 4.69) is 54.8 Å². The number of halogens is 3. The second-order valence-electron chi connectivity index (χ2n) is 10.9. The summed E-state index contributed by atoms with van der Waals surface area (Å²) in [7, 11) is 0. The number of piperidine rings is 1. The molecule has 45 heavy (non-hydrogen) atoms. The average molecular weight is 625 g/mol. The van der Waals surface area contributed by atoms with Gasteiger partial charge in [0, 0.05) is 38.3 Å². The number of hydrogen-bond acceptors (Lipinski definition) is 8. The van der Waals surface area contributed by atoms with E-state index in [0.29, 0.717) is 19.0 Å². The van der Waals surface area contributed by atoms with Crippen molar-refractivity contribution < 1.29 is 27.8 Å². The zero-order valence-corrected chi connectivity index (χ0v) is 24.1. The monoisotopic (exact) mass is 624 g/mol. The predicted molar refractivity (Wildman–Crippen MR) is 160 cm³/mol. The summed E-state index contributed by atoms with van der Waals surface area (Å²) in [5, 5.41) is 13.0. The highest BCUT2D eigenvalue weighted by molar-refractivity contribution is 5.89. The third-order valence-electron chi connectivity index (χ3n) is 7.91. The summed E-state index contributed by atoms with van der Waals surface area (Å²) < 4.78 is 39.5. The number of anilines is 1. The number of nitrogens with one attached hydrogen (secondary N) is 2. The molecule has 236 valence electrons. The van der Waals surface area contributed by atoms with Crippen molar-refractivity contribution in [3.63, 3.8) is 0 Å². The van der Waals surface area contributed by atoms with Crippen molar-refractivity contribution in [2.24, 2.45) is 0 Å². The lowest BCUT2D eigenvalue weighted by molar-refractivity contribution is -0.192. The zero-order chi connectivity index (χ0) is 31.6. The van der Waals surface area contributed by atoms with Gasteiger partial charge in [0.25, 0.3) is 0 Å². The molecule has 0 atom stereocenters. The second kappa shape index (κ2) is 12.7. The highest BCUT2D eigenvalue weighted by Gasteiger charge is 2.38. The lowest BCUT2D eigenvalue weighted by Crippen LogP contribution is -2.37. The number of aromatic amines is 2. The van der Waals surface area contributed by atoms with Gasteiger partial charge in [-0.3, -0.25) is 4.90 Å². The number of nitrogens with zero attached hydrogens (tertiary/aromatic N) is 6. The van der Waals surface area contributed by atoms with Gasteiger partial charge in [-0.05, 0) is 36.6 Å². The predicted octanol–water partition coefficient (Wildman–Crippen LogP) is 3.97. The Kier molecular flexibility index (Phi) is 8.54. The number of carboxylic acids is 1. The van der Waals surface area contributed by atoms with Crippen molar-refractivity contribution in [3.05, 3.63) is 70.8 Å². The molecule has 0 amide bonds. The number of H-pyrrole nitrogens is 2. The summed E-state index contributed by atoms with van der Waals surface area (Å²) in [6, 6.07) is 16.7. The van der Waals surface area contributed by atoms with Crippen LogP contribution in [-0.4, -0.2) is 91.3 Å². The van der Waals surface area contributed by atoms with Crippen molar-refractivity contribution in [3.8, 4) is 11.4 Å². The third kappa shape index (κ3) is 6.83. The van der Waals surface area contributed by atoms with E-state index in [0.717, 1.165) is 79.0 Å². The summed E-state index contributed by atoms with van der Waals surface area (Å²) >= 11 is 0. The molecule has 7 rings (SSSR count). The van der Waals surface area contributed by atoms with E-state index in [1.807, 2.05) is 24.4 Å². The minimum Gasteiger partial charge on any atom is -0.475 e. The van der Waals surface area contributed by atoms with Gasteiger partial charge in [-0.1, -0.05) is 30.3 Å². The molecule has 15 heteroatoms. The average Bonchev–Trinajstić information content (AvgIpc) is 3.64.